The highest BCUT2D eigenvalue weighted by molar-refractivity contribution is 6.31. The van der Waals surface area contributed by atoms with Crippen molar-refractivity contribution in [3.8, 4) is 5.75 Å². The van der Waals surface area contributed by atoms with E-state index in [1.807, 2.05) is 6.92 Å². The monoisotopic (exact) mass is 256 g/mol. The molecule has 1 aromatic rings. The SMILES string of the molecule is CCNCCC(=O)Nc1cc(Cl)ccc1OC. The van der Waals surface area contributed by atoms with Crippen LogP contribution in [0.15, 0.2) is 18.2 Å². The number of hydrogen-bond acceptors (Lipinski definition) is 3. The first kappa shape index (κ1) is 13.8. The summed E-state index contributed by atoms with van der Waals surface area (Å²) in [6.07, 6.45) is 0.420. The maximum absolute atomic E-state index is 11.6. The molecule has 0 aliphatic rings. The second-order valence-electron chi connectivity index (χ2n) is 3.50. The Labute approximate surface area is 106 Å². The number of hydrogen-bond donors (Lipinski definition) is 2. The lowest BCUT2D eigenvalue weighted by molar-refractivity contribution is -0.116. The van der Waals surface area contributed by atoms with Crippen molar-refractivity contribution in [1.82, 2.24) is 5.32 Å². The van der Waals surface area contributed by atoms with Crippen molar-refractivity contribution in [2.24, 2.45) is 0 Å². The Hall–Kier alpha value is -1.26. The Morgan fingerprint density at radius 3 is 2.88 bits per heavy atom. The molecule has 0 spiro atoms. The van der Waals surface area contributed by atoms with E-state index in [0.717, 1.165) is 6.54 Å². The molecule has 0 heterocycles. The average Bonchev–Trinajstić information content (AvgIpc) is 2.29. The Kier molecular flexibility index (Phi) is 5.80. The number of anilines is 1. The molecule has 0 saturated carbocycles. The molecule has 94 valence electrons. The van der Waals surface area contributed by atoms with Crippen LogP contribution >= 0.6 is 11.6 Å². The van der Waals surface area contributed by atoms with E-state index in [2.05, 4.69) is 10.6 Å². The number of nitrogens with one attached hydrogen (secondary N) is 2. The van der Waals surface area contributed by atoms with Crippen molar-refractivity contribution < 1.29 is 9.53 Å². The third-order valence-corrected chi connectivity index (χ3v) is 2.45. The molecule has 2 N–H and O–H groups in total. The van der Waals surface area contributed by atoms with E-state index in [4.69, 9.17) is 16.3 Å². The summed E-state index contributed by atoms with van der Waals surface area (Å²) in [5, 5.41) is 6.42. The fourth-order valence-corrected chi connectivity index (χ4v) is 1.54. The minimum absolute atomic E-state index is 0.0634. The Morgan fingerprint density at radius 2 is 2.24 bits per heavy atom. The van der Waals surface area contributed by atoms with Crippen LogP contribution < -0.4 is 15.4 Å². The minimum Gasteiger partial charge on any atom is -0.495 e. The van der Waals surface area contributed by atoms with Gasteiger partial charge in [-0.25, -0.2) is 0 Å². The summed E-state index contributed by atoms with van der Waals surface area (Å²) in [4.78, 5) is 11.6. The van der Waals surface area contributed by atoms with Gasteiger partial charge in [0.2, 0.25) is 5.91 Å². The summed E-state index contributed by atoms with van der Waals surface area (Å²) in [5.41, 5.74) is 0.599. The zero-order valence-corrected chi connectivity index (χ0v) is 10.8. The van der Waals surface area contributed by atoms with E-state index < -0.39 is 0 Å². The third kappa shape index (κ3) is 4.63. The Bertz CT molecular complexity index is 383. The molecular formula is C12H17ClN2O2. The van der Waals surface area contributed by atoms with Crippen LogP contribution in [-0.4, -0.2) is 26.1 Å². The molecule has 0 fully saturated rings. The van der Waals surface area contributed by atoms with Gasteiger partial charge in [0.05, 0.1) is 12.8 Å². The van der Waals surface area contributed by atoms with Crippen molar-refractivity contribution in [3.63, 3.8) is 0 Å². The largest absolute Gasteiger partial charge is 0.495 e. The summed E-state index contributed by atoms with van der Waals surface area (Å²) in [5.74, 6) is 0.540. The number of amides is 1. The number of rotatable bonds is 6. The highest BCUT2D eigenvalue weighted by Crippen LogP contribution is 2.27. The summed E-state index contributed by atoms with van der Waals surface area (Å²) >= 11 is 5.86. The number of halogens is 1. The predicted octanol–water partition coefficient (Wildman–Crippen LogP) is 2.29. The van der Waals surface area contributed by atoms with Crippen LogP contribution in [0.1, 0.15) is 13.3 Å². The van der Waals surface area contributed by atoms with Gasteiger partial charge in [-0.1, -0.05) is 18.5 Å². The summed E-state index contributed by atoms with van der Waals surface area (Å²) in [6.45, 7) is 3.51. The molecule has 1 rings (SSSR count). The molecule has 0 bridgehead atoms. The highest BCUT2D eigenvalue weighted by atomic mass is 35.5. The molecule has 0 saturated heterocycles. The van der Waals surface area contributed by atoms with Gasteiger partial charge in [-0.05, 0) is 24.7 Å². The van der Waals surface area contributed by atoms with Gasteiger partial charge in [-0.3, -0.25) is 4.79 Å². The lowest BCUT2D eigenvalue weighted by Crippen LogP contribution is -2.21. The molecule has 0 unspecified atom stereocenters. The summed E-state index contributed by atoms with van der Waals surface area (Å²) < 4.78 is 5.14. The lowest BCUT2D eigenvalue weighted by Gasteiger charge is -2.10. The molecule has 17 heavy (non-hydrogen) atoms. The van der Waals surface area contributed by atoms with Crippen molar-refractivity contribution in [2.45, 2.75) is 13.3 Å². The van der Waals surface area contributed by atoms with E-state index >= 15 is 0 Å². The Balaban J connectivity index is 2.60. The van der Waals surface area contributed by atoms with Gasteiger partial charge in [0.25, 0.3) is 0 Å². The molecule has 0 aliphatic carbocycles. The first-order chi connectivity index (χ1) is 8.17. The van der Waals surface area contributed by atoms with Gasteiger partial charge >= 0.3 is 0 Å². The summed E-state index contributed by atoms with van der Waals surface area (Å²) in [7, 11) is 1.55. The van der Waals surface area contributed by atoms with Crippen LogP contribution in [0.3, 0.4) is 0 Å². The van der Waals surface area contributed by atoms with E-state index in [1.54, 1.807) is 25.3 Å². The van der Waals surface area contributed by atoms with Gasteiger partial charge < -0.3 is 15.4 Å². The van der Waals surface area contributed by atoms with Gasteiger partial charge in [-0.15, -0.1) is 0 Å². The molecule has 0 atom stereocenters. The van der Waals surface area contributed by atoms with E-state index in [1.165, 1.54) is 0 Å². The molecule has 0 aliphatic heterocycles. The number of ether oxygens (including phenoxy) is 1. The predicted molar refractivity (Wildman–Crippen MR) is 69.8 cm³/mol. The first-order valence-corrected chi connectivity index (χ1v) is 5.89. The van der Waals surface area contributed by atoms with Crippen LogP contribution in [0, 0.1) is 0 Å². The smallest absolute Gasteiger partial charge is 0.225 e. The molecule has 0 aromatic heterocycles. The quantitative estimate of drug-likeness (QED) is 0.768. The molecule has 0 radical (unpaired) electrons. The fourth-order valence-electron chi connectivity index (χ4n) is 1.37. The van der Waals surface area contributed by atoms with Gasteiger partial charge in [0.15, 0.2) is 0 Å². The average molecular weight is 257 g/mol. The lowest BCUT2D eigenvalue weighted by atomic mass is 10.2. The maximum Gasteiger partial charge on any atom is 0.225 e. The second kappa shape index (κ2) is 7.14. The van der Waals surface area contributed by atoms with E-state index in [9.17, 15) is 4.79 Å². The number of carbonyl (C=O) groups excluding carboxylic acids is 1. The molecular weight excluding hydrogens is 240 g/mol. The number of benzene rings is 1. The van der Waals surface area contributed by atoms with Crippen LogP contribution in [0.25, 0.3) is 0 Å². The fraction of sp³-hybridized carbons (Fsp3) is 0.417. The van der Waals surface area contributed by atoms with Crippen molar-refractivity contribution in [1.29, 1.82) is 0 Å². The molecule has 5 heteroatoms. The first-order valence-electron chi connectivity index (χ1n) is 5.51. The highest BCUT2D eigenvalue weighted by Gasteiger charge is 2.07. The van der Waals surface area contributed by atoms with Crippen molar-refractivity contribution >= 4 is 23.2 Å². The summed E-state index contributed by atoms with van der Waals surface area (Å²) in [6, 6.07) is 5.11. The normalized spacial score (nSPS) is 10.1. The second-order valence-corrected chi connectivity index (χ2v) is 3.93. The third-order valence-electron chi connectivity index (χ3n) is 2.21. The Morgan fingerprint density at radius 1 is 1.47 bits per heavy atom. The van der Waals surface area contributed by atoms with Gasteiger partial charge in [-0.2, -0.15) is 0 Å². The standard InChI is InChI=1S/C12H17ClN2O2/c1-3-14-7-6-12(16)15-10-8-9(13)4-5-11(10)17-2/h4-5,8,14H,3,6-7H2,1-2H3,(H,15,16). The van der Waals surface area contributed by atoms with Gasteiger partial charge in [0, 0.05) is 18.0 Å². The minimum atomic E-state index is -0.0634. The van der Waals surface area contributed by atoms with Crippen LogP contribution in [0.4, 0.5) is 5.69 Å². The maximum atomic E-state index is 11.6. The van der Waals surface area contributed by atoms with Gasteiger partial charge in [0.1, 0.15) is 5.75 Å². The number of methoxy groups -OCH3 is 1. The molecule has 4 nitrogen and oxygen atoms in total. The topological polar surface area (TPSA) is 50.4 Å². The zero-order chi connectivity index (χ0) is 12.7. The number of carbonyl (C=O) groups is 1. The van der Waals surface area contributed by atoms with Crippen LogP contribution in [0.2, 0.25) is 5.02 Å². The van der Waals surface area contributed by atoms with Crippen LogP contribution in [0.5, 0.6) is 5.75 Å². The molecule has 1 amide bonds. The van der Waals surface area contributed by atoms with Crippen molar-refractivity contribution in [3.05, 3.63) is 23.2 Å². The molecule has 1 aromatic carbocycles. The zero-order valence-electron chi connectivity index (χ0n) is 10.0. The van der Waals surface area contributed by atoms with E-state index in [-0.39, 0.29) is 5.91 Å². The van der Waals surface area contributed by atoms with Crippen molar-refractivity contribution in [2.75, 3.05) is 25.5 Å². The van der Waals surface area contributed by atoms with Crippen LogP contribution in [-0.2, 0) is 4.79 Å². The van der Waals surface area contributed by atoms with E-state index in [0.29, 0.717) is 29.4 Å².